The monoisotopic (exact) mass is 313 g/mol. The summed E-state index contributed by atoms with van der Waals surface area (Å²) in [5, 5.41) is 3.65. The lowest BCUT2D eigenvalue weighted by Gasteiger charge is -2.28. The summed E-state index contributed by atoms with van der Waals surface area (Å²) in [6.45, 7) is 5.99. The van der Waals surface area contributed by atoms with Gasteiger partial charge in [0.25, 0.3) is 0 Å². The van der Waals surface area contributed by atoms with Gasteiger partial charge >= 0.3 is 0 Å². The van der Waals surface area contributed by atoms with Crippen molar-refractivity contribution in [3.63, 3.8) is 0 Å². The summed E-state index contributed by atoms with van der Waals surface area (Å²) in [6, 6.07) is 9.99. The van der Waals surface area contributed by atoms with Gasteiger partial charge in [-0.25, -0.2) is 0 Å². The topological polar surface area (TPSA) is 18.5 Å². The molecule has 0 atom stereocenters. The van der Waals surface area contributed by atoms with Gasteiger partial charge < -0.3 is 10.2 Å². The Labute approximate surface area is 130 Å². The van der Waals surface area contributed by atoms with Crippen LogP contribution in [0.5, 0.6) is 0 Å². The van der Waals surface area contributed by atoms with E-state index in [1.807, 2.05) is 41.7 Å². The third kappa shape index (κ3) is 4.63. The molecule has 0 bridgehead atoms. The molecular formula is C13H19N3S3. The van der Waals surface area contributed by atoms with Crippen molar-refractivity contribution in [2.75, 3.05) is 24.4 Å². The van der Waals surface area contributed by atoms with Crippen molar-refractivity contribution in [3.8, 4) is 0 Å². The van der Waals surface area contributed by atoms with Crippen molar-refractivity contribution >= 4 is 51.5 Å². The molecule has 0 aliphatic rings. The Bertz CT molecular complexity index is 418. The Hall–Kier alpha value is -0.850. The minimum absolute atomic E-state index is 0.644. The average molecular weight is 314 g/mol. The smallest absolute Gasteiger partial charge is 0.183 e. The van der Waals surface area contributed by atoms with Crippen LogP contribution in [0.3, 0.4) is 0 Å². The molecule has 0 aromatic heterocycles. The Morgan fingerprint density at radius 3 is 2.21 bits per heavy atom. The Morgan fingerprint density at radius 2 is 1.74 bits per heavy atom. The second kappa shape index (κ2) is 8.35. The number of benzene rings is 1. The SMILES string of the molecule is CCN(CC)C(=S)SN(C(=S)NC)c1ccccc1. The zero-order valence-corrected chi connectivity index (χ0v) is 13.9. The second-order valence-electron chi connectivity index (χ2n) is 3.71. The van der Waals surface area contributed by atoms with E-state index in [1.165, 1.54) is 11.9 Å². The van der Waals surface area contributed by atoms with Crippen LogP contribution in [-0.4, -0.2) is 34.5 Å². The normalized spacial score (nSPS) is 9.84. The van der Waals surface area contributed by atoms with Crippen LogP contribution >= 0.6 is 36.4 Å². The number of nitrogens with zero attached hydrogens (tertiary/aromatic N) is 2. The molecule has 0 saturated carbocycles. The highest BCUT2D eigenvalue weighted by Crippen LogP contribution is 2.24. The maximum atomic E-state index is 5.48. The van der Waals surface area contributed by atoms with Crippen LogP contribution in [0.4, 0.5) is 5.69 Å². The van der Waals surface area contributed by atoms with E-state index in [4.69, 9.17) is 24.4 Å². The molecule has 0 saturated heterocycles. The van der Waals surface area contributed by atoms with E-state index in [1.54, 1.807) is 0 Å². The molecule has 3 nitrogen and oxygen atoms in total. The maximum absolute atomic E-state index is 5.48. The maximum Gasteiger partial charge on any atom is 0.183 e. The highest BCUT2D eigenvalue weighted by molar-refractivity contribution is 8.24. The van der Waals surface area contributed by atoms with Crippen molar-refractivity contribution < 1.29 is 0 Å². The van der Waals surface area contributed by atoms with E-state index in [-0.39, 0.29) is 0 Å². The van der Waals surface area contributed by atoms with Gasteiger partial charge in [0.1, 0.15) is 0 Å². The minimum atomic E-state index is 0.644. The summed E-state index contributed by atoms with van der Waals surface area (Å²) in [7, 11) is 1.82. The lowest BCUT2D eigenvalue weighted by Crippen LogP contribution is -2.37. The van der Waals surface area contributed by atoms with E-state index < -0.39 is 0 Å². The van der Waals surface area contributed by atoms with Crippen molar-refractivity contribution in [1.82, 2.24) is 10.2 Å². The van der Waals surface area contributed by atoms with Gasteiger partial charge in [0.05, 0.1) is 5.69 Å². The van der Waals surface area contributed by atoms with Gasteiger partial charge in [0, 0.05) is 32.1 Å². The summed E-state index contributed by atoms with van der Waals surface area (Å²) in [4.78, 5) is 2.13. The predicted octanol–water partition coefficient (Wildman–Crippen LogP) is 3.27. The molecule has 0 amide bonds. The van der Waals surface area contributed by atoms with Gasteiger partial charge in [-0.3, -0.25) is 4.31 Å². The molecule has 0 fully saturated rings. The molecule has 1 aromatic carbocycles. The molecule has 0 spiro atoms. The van der Waals surface area contributed by atoms with Crippen molar-refractivity contribution in [3.05, 3.63) is 30.3 Å². The van der Waals surface area contributed by atoms with Gasteiger partial charge in [-0.1, -0.05) is 30.4 Å². The third-order valence-electron chi connectivity index (χ3n) is 2.58. The van der Waals surface area contributed by atoms with Gasteiger partial charge in [0.15, 0.2) is 9.43 Å². The van der Waals surface area contributed by atoms with Crippen molar-refractivity contribution in [1.29, 1.82) is 0 Å². The van der Waals surface area contributed by atoms with Gasteiger partial charge in [0.2, 0.25) is 0 Å². The van der Waals surface area contributed by atoms with E-state index in [0.717, 1.165) is 23.1 Å². The summed E-state index contributed by atoms with van der Waals surface area (Å²) in [5.41, 5.74) is 1.02. The van der Waals surface area contributed by atoms with E-state index in [9.17, 15) is 0 Å². The van der Waals surface area contributed by atoms with Crippen LogP contribution in [-0.2, 0) is 0 Å². The lowest BCUT2D eigenvalue weighted by atomic mass is 10.3. The summed E-state index contributed by atoms with van der Waals surface area (Å²) in [5.74, 6) is 0. The number of anilines is 1. The quantitative estimate of drug-likeness (QED) is 0.677. The number of nitrogens with one attached hydrogen (secondary N) is 1. The summed E-state index contributed by atoms with van der Waals surface area (Å²) < 4.78 is 2.77. The number of thiocarbonyl (C=S) groups is 2. The van der Waals surface area contributed by atoms with Crippen LogP contribution in [0.1, 0.15) is 13.8 Å². The first-order valence-corrected chi connectivity index (χ1v) is 7.76. The molecule has 0 unspecified atom stereocenters. The molecule has 1 aromatic rings. The molecule has 0 aliphatic carbocycles. The van der Waals surface area contributed by atoms with Crippen molar-refractivity contribution in [2.45, 2.75) is 13.8 Å². The zero-order valence-electron chi connectivity index (χ0n) is 11.4. The molecule has 1 N–H and O–H groups in total. The number of hydrogen-bond donors (Lipinski definition) is 1. The fourth-order valence-corrected chi connectivity index (χ4v) is 3.12. The Morgan fingerprint density at radius 1 is 1.16 bits per heavy atom. The highest BCUT2D eigenvalue weighted by atomic mass is 32.2. The molecule has 0 radical (unpaired) electrons. The second-order valence-corrected chi connectivity index (χ2v) is 5.68. The highest BCUT2D eigenvalue weighted by Gasteiger charge is 2.17. The van der Waals surface area contributed by atoms with Gasteiger partial charge in [-0.05, 0) is 38.2 Å². The molecule has 6 heteroatoms. The van der Waals surface area contributed by atoms with Gasteiger partial charge in [-0.2, -0.15) is 0 Å². The molecule has 104 valence electrons. The van der Waals surface area contributed by atoms with Crippen LogP contribution in [0.15, 0.2) is 30.3 Å². The lowest BCUT2D eigenvalue weighted by molar-refractivity contribution is 0.482. The van der Waals surface area contributed by atoms with Gasteiger partial charge in [-0.15, -0.1) is 0 Å². The minimum Gasteiger partial charge on any atom is -0.365 e. The first-order chi connectivity index (χ1) is 9.13. The first-order valence-electron chi connectivity index (χ1n) is 6.17. The van der Waals surface area contributed by atoms with Crippen LogP contribution in [0.2, 0.25) is 0 Å². The summed E-state index contributed by atoms with van der Waals surface area (Å²) >= 11 is 12.3. The third-order valence-corrected chi connectivity index (χ3v) is 4.55. The Balaban J connectivity index is 2.88. The average Bonchev–Trinajstić information content (AvgIpc) is 2.46. The van der Waals surface area contributed by atoms with E-state index in [2.05, 4.69) is 24.1 Å². The molecular weight excluding hydrogens is 294 g/mol. The zero-order chi connectivity index (χ0) is 14.3. The molecule has 0 aliphatic heterocycles. The van der Waals surface area contributed by atoms with Crippen LogP contribution < -0.4 is 9.62 Å². The summed E-state index contributed by atoms with van der Waals surface area (Å²) in [6.07, 6.45) is 0. The van der Waals surface area contributed by atoms with Crippen molar-refractivity contribution in [2.24, 2.45) is 0 Å². The molecule has 1 rings (SSSR count). The molecule has 19 heavy (non-hydrogen) atoms. The standard InChI is InChI=1S/C13H19N3S3/c1-4-15(5-2)13(18)19-16(12(17)14-3)11-9-7-6-8-10-11/h6-10H,4-5H2,1-3H3,(H,14,17). The predicted molar refractivity (Wildman–Crippen MR) is 93.7 cm³/mol. The first kappa shape index (κ1) is 16.2. The van der Waals surface area contributed by atoms with E-state index >= 15 is 0 Å². The van der Waals surface area contributed by atoms with E-state index in [0.29, 0.717) is 5.11 Å². The number of hydrogen-bond acceptors (Lipinski definition) is 3. The van der Waals surface area contributed by atoms with Crippen LogP contribution in [0.25, 0.3) is 0 Å². The fraction of sp³-hybridized carbons (Fsp3) is 0.385. The fourth-order valence-electron chi connectivity index (χ4n) is 1.49. The molecule has 0 heterocycles. The number of para-hydroxylation sites is 1. The largest absolute Gasteiger partial charge is 0.365 e. The number of rotatable bonds is 3. The van der Waals surface area contributed by atoms with Crippen LogP contribution in [0, 0.1) is 0 Å². The Kier molecular flexibility index (Phi) is 7.12.